The van der Waals surface area contributed by atoms with Crippen molar-refractivity contribution in [1.82, 2.24) is 0 Å². The van der Waals surface area contributed by atoms with Crippen LogP contribution in [0.15, 0.2) is 76.0 Å². The topological polar surface area (TPSA) is 56.5 Å². The van der Waals surface area contributed by atoms with Crippen molar-refractivity contribution in [2.75, 3.05) is 0 Å². The number of esters is 1. The van der Waals surface area contributed by atoms with E-state index in [2.05, 4.69) is 0 Å². The SMILES string of the molecule is O=C(/C=C/c1ccc(Cl)c(Cl)c1)Oc1ccc2c(c1)oc(=O)c1ccccc12. The Morgan fingerprint density at radius 2 is 1.68 bits per heavy atom. The second-order valence-corrected chi connectivity index (χ2v) is 6.84. The molecule has 0 bridgehead atoms. The summed E-state index contributed by atoms with van der Waals surface area (Å²) in [7, 11) is 0. The number of carbonyl (C=O) groups is 1. The third-order valence-corrected chi connectivity index (χ3v) is 4.91. The van der Waals surface area contributed by atoms with Crippen LogP contribution in [-0.2, 0) is 4.79 Å². The Hall–Kier alpha value is -3.08. The van der Waals surface area contributed by atoms with Crippen LogP contribution in [0.4, 0.5) is 0 Å². The molecule has 4 aromatic rings. The summed E-state index contributed by atoms with van der Waals surface area (Å²) >= 11 is 11.8. The van der Waals surface area contributed by atoms with Crippen molar-refractivity contribution >= 4 is 57.0 Å². The molecule has 0 aliphatic heterocycles. The van der Waals surface area contributed by atoms with Crippen molar-refractivity contribution in [3.05, 3.63) is 92.8 Å². The summed E-state index contributed by atoms with van der Waals surface area (Å²) in [5, 5.41) is 2.89. The predicted molar refractivity (Wildman–Crippen MR) is 111 cm³/mol. The van der Waals surface area contributed by atoms with Gasteiger partial charge in [0.1, 0.15) is 11.3 Å². The Bertz CT molecular complexity index is 1310. The molecule has 0 atom stereocenters. The fourth-order valence-electron chi connectivity index (χ4n) is 2.85. The van der Waals surface area contributed by atoms with E-state index in [1.807, 2.05) is 12.1 Å². The summed E-state index contributed by atoms with van der Waals surface area (Å²) in [4.78, 5) is 24.2. The molecule has 0 saturated carbocycles. The minimum Gasteiger partial charge on any atom is -0.423 e. The third-order valence-electron chi connectivity index (χ3n) is 4.17. The van der Waals surface area contributed by atoms with E-state index in [-0.39, 0.29) is 5.75 Å². The lowest BCUT2D eigenvalue weighted by atomic mass is 10.1. The lowest BCUT2D eigenvalue weighted by Gasteiger charge is -2.05. The summed E-state index contributed by atoms with van der Waals surface area (Å²) in [6.45, 7) is 0. The van der Waals surface area contributed by atoms with Gasteiger partial charge in [-0.15, -0.1) is 0 Å². The van der Waals surface area contributed by atoms with Gasteiger partial charge in [-0.05, 0) is 47.4 Å². The average molecular weight is 411 g/mol. The zero-order valence-corrected chi connectivity index (χ0v) is 15.8. The molecule has 138 valence electrons. The molecule has 0 N–H and O–H groups in total. The second-order valence-electron chi connectivity index (χ2n) is 6.02. The van der Waals surface area contributed by atoms with Crippen LogP contribution in [0.1, 0.15) is 5.56 Å². The maximum Gasteiger partial charge on any atom is 0.344 e. The Morgan fingerprint density at radius 1 is 0.893 bits per heavy atom. The highest BCUT2D eigenvalue weighted by Gasteiger charge is 2.09. The fourth-order valence-corrected chi connectivity index (χ4v) is 3.16. The first-order valence-corrected chi connectivity index (χ1v) is 9.07. The highest BCUT2D eigenvalue weighted by atomic mass is 35.5. The standard InChI is InChI=1S/C22H12Cl2O4/c23-18-9-5-13(11-19(18)24)6-10-21(25)27-14-7-8-16-15-3-1-2-4-17(15)22(26)28-20(16)12-14/h1-12H/b10-6+. The van der Waals surface area contributed by atoms with Crippen LogP contribution in [0, 0.1) is 0 Å². The molecule has 28 heavy (non-hydrogen) atoms. The fraction of sp³-hybridized carbons (Fsp3) is 0. The third kappa shape index (κ3) is 3.65. The molecule has 0 amide bonds. The number of rotatable bonds is 3. The van der Waals surface area contributed by atoms with Gasteiger partial charge in [0.05, 0.1) is 15.4 Å². The summed E-state index contributed by atoms with van der Waals surface area (Å²) in [6, 6.07) is 17.1. The van der Waals surface area contributed by atoms with Crippen LogP contribution in [0.5, 0.6) is 5.75 Å². The van der Waals surface area contributed by atoms with Crippen LogP contribution >= 0.6 is 23.2 Å². The molecule has 0 radical (unpaired) electrons. The monoisotopic (exact) mass is 410 g/mol. The first-order chi connectivity index (χ1) is 13.5. The minimum atomic E-state index is -0.575. The lowest BCUT2D eigenvalue weighted by Crippen LogP contribution is -2.04. The zero-order chi connectivity index (χ0) is 19.7. The summed E-state index contributed by atoms with van der Waals surface area (Å²) in [5.74, 6) is -0.303. The maximum absolute atomic E-state index is 12.1. The van der Waals surface area contributed by atoms with E-state index < -0.39 is 11.6 Å². The summed E-state index contributed by atoms with van der Waals surface area (Å²) in [5.41, 5.74) is 0.621. The van der Waals surface area contributed by atoms with E-state index >= 15 is 0 Å². The van der Waals surface area contributed by atoms with Crippen molar-refractivity contribution in [3.63, 3.8) is 0 Å². The van der Waals surface area contributed by atoms with Crippen LogP contribution in [-0.4, -0.2) is 5.97 Å². The Balaban J connectivity index is 1.60. The van der Waals surface area contributed by atoms with E-state index in [0.717, 1.165) is 10.8 Å². The van der Waals surface area contributed by atoms with Gasteiger partial charge in [0.15, 0.2) is 0 Å². The quantitative estimate of drug-likeness (QED) is 0.139. The number of ether oxygens (including phenoxy) is 1. The Kier molecular flexibility index (Phi) is 4.90. The molecule has 0 saturated heterocycles. The normalized spacial score (nSPS) is 11.4. The van der Waals surface area contributed by atoms with E-state index in [1.165, 1.54) is 12.1 Å². The minimum absolute atomic E-state index is 0.273. The zero-order valence-electron chi connectivity index (χ0n) is 14.3. The van der Waals surface area contributed by atoms with Crippen LogP contribution < -0.4 is 10.4 Å². The van der Waals surface area contributed by atoms with Crippen LogP contribution in [0.2, 0.25) is 10.0 Å². The number of benzene rings is 3. The molecular formula is C22H12Cl2O4. The number of hydrogen-bond acceptors (Lipinski definition) is 4. The predicted octanol–water partition coefficient (Wildman–Crippen LogP) is 5.87. The van der Waals surface area contributed by atoms with Crippen molar-refractivity contribution < 1.29 is 13.9 Å². The number of hydrogen-bond donors (Lipinski definition) is 0. The molecule has 0 fully saturated rings. The molecule has 3 aromatic carbocycles. The van der Waals surface area contributed by atoms with Crippen LogP contribution in [0.25, 0.3) is 27.8 Å². The molecule has 0 unspecified atom stereocenters. The lowest BCUT2D eigenvalue weighted by molar-refractivity contribution is -0.128. The van der Waals surface area contributed by atoms with E-state index in [1.54, 1.807) is 48.5 Å². The van der Waals surface area contributed by atoms with Gasteiger partial charge >= 0.3 is 11.6 Å². The maximum atomic E-state index is 12.1. The van der Waals surface area contributed by atoms with Crippen molar-refractivity contribution in [1.29, 1.82) is 0 Å². The van der Waals surface area contributed by atoms with E-state index in [9.17, 15) is 9.59 Å². The van der Waals surface area contributed by atoms with Gasteiger partial charge in [0.2, 0.25) is 0 Å². The molecule has 4 rings (SSSR count). The Morgan fingerprint density at radius 3 is 2.46 bits per heavy atom. The molecule has 1 aromatic heterocycles. The highest BCUT2D eigenvalue weighted by molar-refractivity contribution is 6.42. The molecule has 0 aliphatic rings. The van der Waals surface area contributed by atoms with Crippen molar-refractivity contribution in [2.45, 2.75) is 0 Å². The van der Waals surface area contributed by atoms with Gasteiger partial charge in [-0.2, -0.15) is 0 Å². The van der Waals surface area contributed by atoms with Gasteiger partial charge in [-0.3, -0.25) is 0 Å². The molecule has 4 nitrogen and oxygen atoms in total. The number of fused-ring (bicyclic) bond motifs is 3. The summed E-state index contributed by atoms with van der Waals surface area (Å²) < 4.78 is 10.7. The average Bonchev–Trinajstić information content (AvgIpc) is 2.69. The van der Waals surface area contributed by atoms with E-state index in [0.29, 0.717) is 26.6 Å². The van der Waals surface area contributed by atoms with Gasteiger partial charge < -0.3 is 9.15 Å². The van der Waals surface area contributed by atoms with Crippen LogP contribution in [0.3, 0.4) is 0 Å². The molecular weight excluding hydrogens is 399 g/mol. The highest BCUT2D eigenvalue weighted by Crippen LogP contribution is 2.26. The summed E-state index contributed by atoms with van der Waals surface area (Å²) in [6.07, 6.45) is 2.85. The van der Waals surface area contributed by atoms with Gasteiger partial charge in [-0.1, -0.05) is 47.5 Å². The first kappa shape index (κ1) is 18.3. The van der Waals surface area contributed by atoms with E-state index in [4.69, 9.17) is 32.4 Å². The van der Waals surface area contributed by atoms with Crippen molar-refractivity contribution in [2.24, 2.45) is 0 Å². The smallest absolute Gasteiger partial charge is 0.344 e. The first-order valence-electron chi connectivity index (χ1n) is 8.32. The van der Waals surface area contributed by atoms with Gasteiger partial charge in [0.25, 0.3) is 0 Å². The number of carbonyl (C=O) groups excluding carboxylic acids is 1. The molecule has 1 heterocycles. The largest absolute Gasteiger partial charge is 0.423 e. The van der Waals surface area contributed by atoms with Gasteiger partial charge in [0, 0.05) is 17.5 Å². The van der Waals surface area contributed by atoms with Gasteiger partial charge in [-0.25, -0.2) is 9.59 Å². The molecule has 0 aliphatic carbocycles. The van der Waals surface area contributed by atoms with Crippen molar-refractivity contribution in [3.8, 4) is 5.75 Å². The Labute approximate surface area is 169 Å². The molecule has 0 spiro atoms. The number of halogens is 2. The second kappa shape index (κ2) is 7.50. The molecule has 6 heteroatoms.